The average molecular weight is 296 g/mol. The van der Waals surface area contributed by atoms with Crippen molar-refractivity contribution >= 4 is 17.6 Å². The molecule has 0 radical (unpaired) electrons. The van der Waals surface area contributed by atoms with Gasteiger partial charge in [0.25, 0.3) is 0 Å². The fourth-order valence-corrected chi connectivity index (χ4v) is 1.85. The van der Waals surface area contributed by atoms with Gasteiger partial charge in [-0.3, -0.25) is 4.79 Å². The molecule has 0 bridgehead atoms. The number of hydrogen-bond acceptors (Lipinski definition) is 2. The number of carbonyl (C=O) groups is 1. The molecule has 0 heterocycles. The molecule has 0 amide bonds. The van der Waals surface area contributed by atoms with Gasteiger partial charge in [-0.15, -0.1) is 0 Å². The van der Waals surface area contributed by atoms with Gasteiger partial charge in [-0.05, 0) is 30.2 Å². The summed E-state index contributed by atoms with van der Waals surface area (Å²) in [5.41, 5.74) is 5.87. The number of rotatable bonds is 4. The van der Waals surface area contributed by atoms with Crippen LogP contribution in [0, 0.1) is 0 Å². The van der Waals surface area contributed by atoms with E-state index < -0.39 is 24.1 Å². The van der Waals surface area contributed by atoms with Crippen LogP contribution in [0.1, 0.15) is 36.4 Å². The lowest BCUT2D eigenvalue weighted by Gasteiger charge is -2.18. The maximum atomic E-state index is 12.6. The molecule has 7 heteroatoms. The maximum absolute atomic E-state index is 12.6. The van der Waals surface area contributed by atoms with Crippen molar-refractivity contribution in [1.29, 1.82) is 0 Å². The predicted molar refractivity (Wildman–Crippen MR) is 65.1 cm³/mol. The Hall–Kier alpha value is -1.27. The highest BCUT2D eigenvalue weighted by molar-refractivity contribution is 6.30. The summed E-state index contributed by atoms with van der Waals surface area (Å²) in [6.07, 6.45) is -4.76. The monoisotopic (exact) mass is 295 g/mol. The van der Waals surface area contributed by atoms with Crippen molar-refractivity contribution in [2.75, 3.05) is 0 Å². The number of nitrogens with two attached hydrogens (primary N) is 1. The molecule has 3 N–H and O–H groups in total. The third-order valence-corrected chi connectivity index (χ3v) is 2.97. The van der Waals surface area contributed by atoms with Gasteiger partial charge in [-0.25, -0.2) is 0 Å². The molecule has 0 aliphatic rings. The molecule has 1 rings (SSSR count). The second-order valence-electron chi connectivity index (χ2n) is 4.29. The number of benzene rings is 1. The van der Waals surface area contributed by atoms with Crippen molar-refractivity contribution in [3.05, 3.63) is 34.3 Å². The molecule has 106 valence electrons. The summed E-state index contributed by atoms with van der Waals surface area (Å²) in [4.78, 5) is 10.6. The molecule has 1 aromatic carbocycles. The zero-order chi connectivity index (χ0) is 14.8. The largest absolute Gasteiger partial charge is 0.481 e. The second kappa shape index (κ2) is 5.79. The van der Waals surface area contributed by atoms with Crippen molar-refractivity contribution in [2.45, 2.75) is 31.5 Å². The Morgan fingerprint density at radius 3 is 2.37 bits per heavy atom. The van der Waals surface area contributed by atoms with Gasteiger partial charge in [0, 0.05) is 11.1 Å². The van der Waals surface area contributed by atoms with Gasteiger partial charge in [0.05, 0.1) is 12.3 Å². The van der Waals surface area contributed by atoms with Crippen molar-refractivity contribution < 1.29 is 23.1 Å². The highest BCUT2D eigenvalue weighted by Gasteiger charge is 2.37. The van der Waals surface area contributed by atoms with Crippen LogP contribution < -0.4 is 5.73 Å². The minimum atomic E-state index is -4.39. The van der Waals surface area contributed by atoms with E-state index >= 15 is 0 Å². The Morgan fingerprint density at radius 1 is 1.37 bits per heavy atom. The first-order chi connectivity index (χ1) is 8.61. The summed E-state index contributed by atoms with van der Waals surface area (Å²) >= 11 is 5.75. The average Bonchev–Trinajstić information content (AvgIpc) is 2.25. The summed E-state index contributed by atoms with van der Waals surface area (Å²) in [6.45, 7) is 1.01. The Morgan fingerprint density at radius 2 is 1.89 bits per heavy atom. The van der Waals surface area contributed by atoms with Gasteiger partial charge < -0.3 is 10.8 Å². The highest BCUT2D eigenvalue weighted by Crippen LogP contribution is 2.36. The minimum Gasteiger partial charge on any atom is -0.481 e. The molecule has 2 atom stereocenters. The lowest BCUT2D eigenvalue weighted by atomic mass is 9.95. The van der Waals surface area contributed by atoms with Crippen LogP contribution in [0.4, 0.5) is 13.2 Å². The SMILES string of the molecule is CC(c1cc(Cl)cc(C(N)CC(=O)O)c1)C(F)(F)F. The highest BCUT2D eigenvalue weighted by atomic mass is 35.5. The van der Waals surface area contributed by atoms with Gasteiger partial charge in [0.1, 0.15) is 0 Å². The Labute approximate surface area is 113 Å². The lowest BCUT2D eigenvalue weighted by molar-refractivity contribution is -0.146. The quantitative estimate of drug-likeness (QED) is 0.894. The van der Waals surface area contributed by atoms with Crippen molar-refractivity contribution in [3.63, 3.8) is 0 Å². The Kier molecular flexibility index (Phi) is 4.81. The minimum absolute atomic E-state index is 0.0316. The summed E-state index contributed by atoms with van der Waals surface area (Å²) < 4.78 is 37.9. The zero-order valence-corrected chi connectivity index (χ0v) is 10.8. The molecule has 0 saturated carbocycles. The van der Waals surface area contributed by atoms with E-state index in [4.69, 9.17) is 22.4 Å². The van der Waals surface area contributed by atoms with Crippen LogP contribution in [0.5, 0.6) is 0 Å². The van der Waals surface area contributed by atoms with Crippen LogP contribution in [-0.4, -0.2) is 17.3 Å². The summed E-state index contributed by atoms with van der Waals surface area (Å²) in [7, 11) is 0. The normalized spacial score (nSPS) is 15.1. The van der Waals surface area contributed by atoms with Crippen LogP contribution in [0.15, 0.2) is 18.2 Å². The topological polar surface area (TPSA) is 63.3 Å². The van der Waals surface area contributed by atoms with E-state index in [1.54, 1.807) is 0 Å². The number of aliphatic carboxylic acids is 1. The Bertz CT molecular complexity index is 477. The molecule has 0 spiro atoms. The van der Waals surface area contributed by atoms with Crippen LogP contribution in [0.25, 0.3) is 0 Å². The molecule has 19 heavy (non-hydrogen) atoms. The number of halogens is 4. The molecular formula is C12H13ClF3NO2. The molecule has 0 aromatic heterocycles. The number of carboxylic acids is 1. The van der Waals surface area contributed by atoms with Crippen LogP contribution in [0.3, 0.4) is 0 Å². The first-order valence-corrected chi connectivity index (χ1v) is 5.83. The van der Waals surface area contributed by atoms with Gasteiger partial charge in [0.2, 0.25) is 0 Å². The van der Waals surface area contributed by atoms with E-state index in [2.05, 4.69) is 0 Å². The van der Waals surface area contributed by atoms with Gasteiger partial charge in [0.15, 0.2) is 0 Å². The molecular weight excluding hydrogens is 283 g/mol. The molecule has 1 aromatic rings. The first kappa shape index (κ1) is 15.8. The predicted octanol–water partition coefficient (Wildman–Crippen LogP) is 3.48. The molecule has 0 aliphatic carbocycles. The van der Waals surface area contributed by atoms with Crippen LogP contribution in [0.2, 0.25) is 5.02 Å². The number of hydrogen-bond donors (Lipinski definition) is 2. The summed E-state index contributed by atoms with van der Waals surface area (Å²) in [5.74, 6) is -2.82. The third-order valence-electron chi connectivity index (χ3n) is 2.76. The number of carboxylic acid groups (broad SMARTS) is 1. The van der Waals surface area contributed by atoms with E-state index in [9.17, 15) is 18.0 Å². The lowest BCUT2D eigenvalue weighted by Crippen LogP contribution is -2.19. The van der Waals surface area contributed by atoms with E-state index in [-0.39, 0.29) is 22.6 Å². The van der Waals surface area contributed by atoms with Crippen LogP contribution >= 0.6 is 11.6 Å². The van der Waals surface area contributed by atoms with E-state index in [0.29, 0.717) is 0 Å². The van der Waals surface area contributed by atoms with Gasteiger partial charge in [-0.2, -0.15) is 13.2 Å². The second-order valence-corrected chi connectivity index (χ2v) is 4.72. The van der Waals surface area contributed by atoms with Crippen molar-refractivity contribution in [2.24, 2.45) is 5.73 Å². The first-order valence-electron chi connectivity index (χ1n) is 5.45. The van der Waals surface area contributed by atoms with Gasteiger partial charge >= 0.3 is 12.1 Å². The standard InChI is InChI=1S/C12H13ClF3NO2/c1-6(12(14,15)16)7-2-8(4-9(13)3-7)10(17)5-11(18)19/h2-4,6,10H,5,17H2,1H3,(H,18,19). The smallest absolute Gasteiger partial charge is 0.395 e. The van der Waals surface area contributed by atoms with Crippen molar-refractivity contribution in [1.82, 2.24) is 0 Å². The van der Waals surface area contributed by atoms with Crippen LogP contribution in [-0.2, 0) is 4.79 Å². The summed E-state index contributed by atoms with van der Waals surface area (Å²) in [5, 5.41) is 8.73. The summed E-state index contributed by atoms with van der Waals surface area (Å²) in [6, 6.07) is 2.94. The zero-order valence-electron chi connectivity index (χ0n) is 10.0. The molecule has 2 unspecified atom stereocenters. The molecule has 0 aliphatic heterocycles. The van der Waals surface area contributed by atoms with Gasteiger partial charge in [-0.1, -0.05) is 17.7 Å². The number of alkyl halides is 3. The fourth-order valence-electron chi connectivity index (χ4n) is 1.59. The molecule has 3 nitrogen and oxygen atoms in total. The van der Waals surface area contributed by atoms with Crippen molar-refractivity contribution in [3.8, 4) is 0 Å². The molecule has 0 fully saturated rings. The third kappa shape index (κ3) is 4.40. The fraction of sp³-hybridized carbons (Fsp3) is 0.417. The Balaban J connectivity index is 3.10. The molecule has 0 saturated heterocycles. The van der Waals surface area contributed by atoms with E-state index in [1.165, 1.54) is 18.2 Å². The van der Waals surface area contributed by atoms with E-state index in [1.807, 2.05) is 0 Å². The van der Waals surface area contributed by atoms with E-state index in [0.717, 1.165) is 6.92 Å². The maximum Gasteiger partial charge on any atom is 0.395 e.